The van der Waals surface area contributed by atoms with Gasteiger partial charge in [0, 0.05) is 13.1 Å². The number of ether oxygens (including phenoxy) is 3. The van der Waals surface area contributed by atoms with E-state index in [1.54, 1.807) is 31.0 Å². The Balaban J connectivity index is 1.83. The topological polar surface area (TPSA) is 45.5 Å². The summed E-state index contributed by atoms with van der Waals surface area (Å²) in [6.07, 6.45) is 5.57. The summed E-state index contributed by atoms with van der Waals surface area (Å²) in [7, 11) is 3.37. The number of halogens is 2. The standard InChI is InChI=1S/C21H18Cl2N2O3/c1-5-16-13(2)24-25(3)21(16)28-20-11-19(17(22)10-18(20)23)27-12-14-6-8-15(26-4)9-7-14/h1,6-11H,12H2,2-4H3. The summed E-state index contributed by atoms with van der Waals surface area (Å²) in [6, 6.07) is 10.8. The second-order valence-corrected chi connectivity index (χ2v) is 6.80. The van der Waals surface area contributed by atoms with Crippen LogP contribution in [-0.4, -0.2) is 16.9 Å². The Bertz CT molecular complexity index is 1040. The van der Waals surface area contributed by atoms with Crippen molar-refractivity contribution in [2.75, 3.05) is 7.11 Å². The highest BCUT2D eigenvalue weighted by atomic mass is 35.5. The molecule has 0 radical (unpaired) electrons. The maximum absolute atomic E-state index is 6.30. The molecule has 0 saturated heterocycles. The van der Waals surface area contributed by atoms with Gasteiger partial charge in [0.05, 0.1) is 22.8 Å². The van der Waals surface area contributed by atoms with Crippen LogP contribution in [0.4, 0.5) is 0 Å². The number of aryl methyl sites for hydroxylation is 2. The van der Waals surface area contributed by atoms with Crippen LogP contribution >= 0.6 is 23.2 Å². The molecule has 144 valence electrons. The highest BCUT2D eigenvalue weighted by molar-refractivity contribution is 6.36. The summed E-state index contributed by atoms with van der Waals surface area (Å²) >= 11 is 12.6. The van der Waals surface area contributed by atoms with Gasteiger partial charge in [-0.25, -0.2) is 4.68 Å². The Morgan fingerprint density at radius 2 is 1.79 bits per heavy atom. The number of nitrogens with zero attached hydrogens (tertiary/aromatic N) is 2. The average Bonchev–Trinajstić information content (AvgIpc) is 2.95. The van der Waals surface area contributed by atoms with E-state index in [1.807, 2.05) is 31.2 Å². The minimum absolute atomic E-state index is 0.325. The molecule has 2 aromatic carbocycles. The van der Waals surface area contributed by atoms with Crippen molar-refractivity contribution in [3.63, 3.8) is 0 Å². The zero-order valence-electron chi connectivity index (χ0n) is 15.6. The van der Waals surface area contributed by atoms with E-state index in [-0.39, 0.29) is 0 Å². The van der Waals surface area contributed by atoms with E-state index in [1.165, 1.54) is 0 Å². The second-order valence-electron chi connectivity index (χ2n) is 5.99. The molecule has 7 heteroatoms. The van der Waals surface area contributed by atoms with Gasteiger partial charge in [0.25, 0.3) is 0 Å². The number of methoxy groups -OCH3 is 1. The van der Waals surface area contributed by atoms with Crippen molar-refractivity contribution >= 4 is 23.2 Å². The maximum Gasteiger partial charge on any atom is 0.233 e. The molecule has 5 nitrogen and oxygen atoms in total. The molecule has 1 heterocycles. The molecule has 0 atom stereocenters. The van der Waals surface area contributed by atoms with Gasteiger partial charge < -0.3 is 14.2 Å². The molecule has 3 rings (SSSR count). The maximum atomic E-state index is 6.30. The smallest absolute Gasteiger partial charge is 0.233 e. The van der Waals surface area contributed by atoms with Crippen molar-refractivity contribution in [3.8, 4) is 35.5 Å². The number of rotatable bonds is 6. The average molecular weight is 417 g/mol. The Hall–Kier alpha value is -2.81. The van der Waals surface area contributed by atoms with Crippen molar-refractivity contribution in [3.05, 3.63) is 63.3 Å². The van der Waals surface area contributed by atoms with Crippen molar-refractivity contribution in [2.45, 2.75) is 13.5 Å². The molecule has 0 spiro atoms. The van der Waals surface area contributed by atoms with Crippen molar-refractivity contribution < 1.29 is 14.2 Å². The number of aromatic nitrogens is 2. The Labute approximate surface area is 173 Å². The van der Waals surface area contributed by atoms with E-state index >= 15 is 0 Å². The fourth-order valence-electron chi connectivity index (χ4n) is 2.61. The van der Waals surface area contributed by atoms with Crippen LogP contribution in [0.1, 0.15) is 16.8 Å². The van der Waals surface area contributed by atoms with Gasteiger partial charge in [0.2, 0.25) is 5.88 Å². The molecule has 1 aromatic heterocycles. The van der Waals surface area contributed by atoms with Crippen LogP contribution in [0.25, 0.3) is 0 Å². The van der Waals surface area contributed by atoms with Gasteiger partial charge in [-0.2, -0.15) is 5.10 Å². The number of hydrogen-bond acceptors (Lipinski definition) is 4. The van der Waals surface area contributed by atoms with Crippen LogP contribution in [0.2, 0.25) is 10.0 Å². The molecule has 0 bridgehead atoms. The van der Waals surface area contributed by atoms with E-state index in [0.717, 1.165) is 11.3 Å². The van der Waals surface area contributed by atoms with Gasteiger partial charge in [0.15, 0.2) is 5.75 Å². The lowest BCUT2D eigenvalue weighted by Crippen LogP contribution is -1.99. The summed E-state index contributed by atoms with van der Waals surface area (Å²) in [4.78, 5) is 0. The molecule has 28 heavy (non-hydrogen) atoms. The predicted octanol–water partition coefficient (Wildman–Crippen LogP) is 5.40. The van der Waals surface area contributed by atoms with Crippen molar-refractivity contribution in [1.29, 1.82) is 0 Å². The monoisotopic (exact) mass is 416 g/mol. The van der Waals surface area contributed by atoms with Gasteiger partial charge >= 0.3 is 0 Å². The minimum atomic E-state index is 0.325. The van der Waals surface area contributed by atoms with Gasteiger partial charge in [-0.05, 0) is 30.7 Å². The predicted molar refractivity (Wildman–Crippen MR) is 110 cm³/mol. The molecule has 3 aromatic rings. The molecule has 0 aliphatic carbocycles. The molecular formula is C21H18Cl2N2O3. The molecule has 0 N–H and O–H groups in total. The van der Waals surface area contributed by atoms with Gasteiger partial charge in [-0.15, -0.1) is 6.42 Å². The van der Waals surface area contributed by atoms with E-state index in [2.05, 4.69) is 11.0 Å². The van der Waals surface area contributed by atoms with E-state index in [4.69, 9.17) is 43.8 Å². The van der Waals surface area contributed by atoms with Crippen LogP contribution in [0, 0.1) is 19.3 Å². The SMILES string of the molecule is C#Cc1c(C)nn(C)c1Oc1cc(OCc2ccc(OC)cc2)c(Cl)cc1Cl. The second kappa shape index (κ2) is 8.47. The van der Waals surface area contributed by atoms with Crippen LogP contribution in [0.3, 0.4) is 0 Å². The fraction of sp³-hybridized carbons (Fsp3) is 0.190. The lowest BCUT2D eigenvalue weighted by molar-refractivity contribution is 0.304. The van der Waals surface area contributed by atoms with Crippen LogP contribution in [-0.2, 0) is 13.7 Å². The van der Waals surface area contributed by atoms with E-state index in [9.17, 15) is 0 Å². The summed E-state index contributed by atoms with van der Waals surface area (Å²) in [6.45, 7) is 2.14. The lowest BCUT2D eigenvalue weighted by atomic mass is 10.2. The Morgan fingerprint density at radius 3 is 2.43 bits per heavy atom. The summed E-state index contributed by atoms with van der Waals surface area (Å²) in [5.41, 5.74) is 2.22. The van der Waals surface area contributed by atoms with Crippen LogP contribution in [0.15, 0.2) is 36.4 Å². The highest BCUT2D eigenvalue weighted by Gasteiger charge is 2.17. The molecule has 0 unspecified atom stereocenters. The Morgan fingerprint density at radius 1 is 1.11 bits per heavy atom. The third kappa shape index (κ3) is 4.19. The van der Waals surface area contributed by atoms with Crippen molar-refractivity contribution in [2.24, 2.45) is 7.05 Å². The molecule has 0 saturated carbocycles. The molecule has 0 aliphatic heterocycles. The van der Waals surface area contributed by atoms with Crippen LogP contribution < -0.4 is 14.2 Å². The summed E-state index contributed by atoms with van der Waals surface area (Å²) < 4.78 is 18.5. The van der Waals surface area contributed by atoms with Crippen molar-refractivity contribution in [1.82, 2.24) is 9.78 Å². The molecule has 0 fully saturated rings. The first kappa shape index (κ1) is 19.9. The normalized spacial score (nSPS) is 10.4. The fourth-order valence-corrected chi connectivity index (χ4v) is 3.08. The third-order valence-electron chi connectivity index (χ3n) is 4.06. The number of terminal acetylenes is 1. The quantitative estimate of drug-likeness (QED) is 0.504. The lowest BCUT2D eigenvalue weighted by Gasteiger charge is -2.13. The zero-order chi connectivity index (χ0) is 20.3. The van der Waals surface area contributed by atoms with E-state index < -0.39 is 0 Å². The Kier molecular flexibility index (Phi) is 6.03. The first-order valence-corrected chi connectivity index (χ1v) is 9.11. The first-order chi connectivity index (χ1) is 13.4. The van der Waals surface area contributed by atoms with Gasteiger partial charge in [-0.3, -0.25) is 0 Å². The van der Waals surface area contributed by atoms with Gasteiger partial charge in [-0.1, -0.05) is 41.3 Å². The first-order valence-electron chi connectivity index (χ1n) is 8.35. The largest absolute Gasteiger partial charge is 0.497 e. The number of benzene rings is 2. The molecule has 0 aliphatic rings. The third-order valence-corrected chi connectivity index (χ3v) is 4.65. The molecular weight excluding hydrogens is 399 g/mol. The van der Waals surface area contributed by atoms with Crippen LogP contribution in [0.5, 0.6) is 23.1 Å². The molecule has 0 amide bonds. The van der Waals surface area contributed by atoms with Gasteiger partial charge in [0.1, 0.15) is 23.7 Å². The summed E-state index contributed by atoms with van der Waals surface area (Å²) in [5, 5.41) is 4.99. The zero-order valence-corrected chi connectivity index (χ0v) is 17.1. The summed E-state index contributed by atoms with van der Waals surface area (Å²) in [5.74, 6) is 4.60. The minimum Gasteiger partial charge on any atom is -0.497 e. The highest BCUT2D eigenvalue weighted by Crippen LogP contribution is 2.39. The number of hydrogen-bond donors (Lipinski definition) is 0. The van der Waals surface area contributed by atoms with E-state index in [0.29, 0.717) is 45.3 Å².